The highest BCUT2D eigenvalue weighted by Gasteiger charge is 2.22. The van der Waals surface area contributed by atoms with Crippen LogP contribution in [-0.2, 0) is 4.79 Å². The van der Waals surface area contributed by atoms with E-state index >= 15 is 0 Å². The van der Waals surface area contributed by atoms with E-state index < -0.39 is 0 Å². The topological polar surface area (TPSA) is 68.0 Å². The van der Waals surface area contributed by atoms with Crippen LogP contribution in [0.3, 0.4) is 0 Å². The van der Waals surface area contributed by atoms with Crippen molar-refractivity contribution in [2.75, 3.05) is 51.0 Å². The highest BCUT2D eigenvalue weighted by molar-refractivity contribution is 5.74. The van der Waals surface area contributed by atoms with Gasteiger partial charge in [-0.2, -0.15) is 0 Å². The fraction of sp³-hybridized carbons (Fsp3) is 0.500. The predicted molar refractivity (Wildman–Crippen MR) is 78.4 cm³/mol. The van der Waals surface area contributed by atoms with Crippen LogP contribution in [0.5, 0.6) is 11.5 Å². The first-order chi connectivity index (χ1) is 9.56. The number of anilines is 2. The number of carbonyl (C=O) groups excluding carboxylic acids is 1. The Morgan fingerprint density at radius 2 is 1.70 bits per heavy atom. The van der Waals surface area contributed by atoms with Crippen LogP contribution in [0, 0.1) is 0 Å². The molecule has 1 aromatic rings. The van der Waals surface area contributed by atoms with Crippen molar-refractivity contribution < 1.29 is 14.3 Å². The molecule has 20 heavy (non-hydrogen) atoms. The third kappa shape index (κ3) is 2.74. The summed E-state index contributed by atoms with van der Waals surface area (Å²) in [6, 6.07) is 3.66. The summed E-state index contributed by atoms with van der Waals surface area (Å²) in [6.07, 6.45) is 0. The normalized spacial score (nSPS) is 15.2. The summed E-state index contributed by atoms with van der Waals surface area (Å²) in [6.45, 7) is 4.56. The van der Waals surface area contributed by atoms with Crippen molar-refractivity contribution in [3.8, 4) is 11.5 Å². The van der Waals surface area contributed by atoms with Gasteiger partial charge in [0.05, 0.1) is 25.6 Å². The predicted octanol–water partition coefficient (Wildman–Crippen LogP) is 0.954. The Balaban J connectivity index is 2.22. The Morgan fingerprint density at radius 3 is 2.20 bits per heavy atom. The number of amides is 1. The van der Waals surface area contributed by atoms with Crippen molar-refractivity contribution in [3.05, 3.63) is 12.1 Å². The average Bonchev–Trinajstić information content (AvgIpc) is 2.47. The van der Waals surface area contributed by atoms with Gasteiger partial charge in [0.15, 0.2) is 0 Å². The van der Waals surface area contributed by atoms with Crippen LogP contribution >= 0.6 is 0 Å². The highest BCUT2D eigenvalue weighted by Crippen LogP contribution is 2.37. The molecule has 1 heterocycles. The zero-order valence-electron chi connectivity index (χ0n) is 12.2. The van der Waals surface area contributed by atoms with Crippen LogP contribution in [0.4, 0.5) is 11.4 Å². The summed E-state index contributed by atoms with van der Waals surface area (Å²) in [5, 5.41) is 0. The molecule has 0 aromatic heterocycles. The lowest BCUT2D eigenvalue weighted by atomic mass is 10.2. The summed E-state index contributed by atoms with van der Waals surface area (Å²) in [5.74, 6) is 1.47. The van der Waals surface area contributed by atoms with Crippen molar-refractivity contribution in [1.29, 1.82) is 0 Å². The van der Waals surface area contributed by atoms with Gasteiger partial charge in [0.25, 0.3) is 0 Å². The van der Waals surface area contributed by atoms with Gasteiger partial charge in [0, 0.05) is 45.2 Å². The fourth-order valence-electron chi connectivity index (χ4n) is 2.41. The molecule has 6 nitrogen and oxygen atoms in total. The lowest BCUT2D eigenvalue weighted by Crippen LogP contribution is -2.48. The van der Waals surface area contributed by atoms with Gasteiger partial charge in [-0.1, -0.05) is 0 Å². The molecule has 2 N–H and O–H groups in total. The van der Waals surface area contributed by atoms with E-state index in [-0.39, 0.29) is 5.91 Å². The van der Waals surface area contributed by atoms with Gasteiger partial charge in [-0.3, -0.25) is 4.79 Å². The standard InChI is InChI=1S/C14H21N3O3/c1-10(18)16-4-6-17(7-5-16)12-9-13(19-2)11(15)8-14(12)20-3/h8-9H,4-7,15H2,1-3H3. The van der Waals surface area contributed by atoms with Crippen molar-refractivity contribution in [3.63, 3.8) is 0 Å². The maximum Gasteiger partial charge on any atom is 0.219 e. The molecular weight excluding hydrogens is 258 g/mol. The van der Waals surface area contributed by atoms with E-state index in [0.29, 0.717) is 24.5 Å². The quantitative estimate of drug-likeness (QED) is 0.835. The Hall–Kier alpha value is -2.11. The zero-order chi connectivity index (χ0) is 14.7. The summed E-state index contributed by atoms with van der Waals surface area (Å²) < 4.78 is 10.7. The molecule has 2 rings (SSSR count). The summed E-state index contributed by atoms with van der Waals surface area (Å²) in [7, 11) is 3.21. The van der Waals surface area contributed by atoms with Crippen molar-refractivity contribution in [2.45, 2.75) is 6.92 Å². The molecule has 1 aliphatic heterocycles. The van der Waals surface area contributed by atoms with Gasteiger partial charge >= 0.3 is 0 Å². The summed E-state index contributed by atoms with van der Waals surface area (Å²) in [5.41, 5.74) is 7.39. The van der Waals surface area contributed by atoms with E-state index in [9.17, 15) is 4.79 Å². The largest absolute Gasteiger partial charge is 0.495 e. The van der Waals surface area contributed by atoms with Gasteiger partial charge in [-0.15, -0.1) is 0 Å². The van der Waals surface area contributed by atoms with Crippen LogP contribution in [0.25, 0.3) is 0 Å². The maximum absolute atomic E-state index is 11.4. The Morgan fingerprint density at radius 1 is 1.10 bits per heavy atom. The molecule has 110 valence electrons. The van der Waals surface area contributed by atoms with Crippen LogP contribution in [0.2, 0.25) is 0 Å². The average molecular weight is 279 g/mol. The summed E-state index contributed by atoms with van der Waals surface area (Å²) in [4.78, 5) is 15.4. The molecule has 0 unspecified atom stereocenters. The number of carbonyl (C=O) groups is 1. The number of nitrogens with two attached hydrogens (primary N) is 1. The van der Waals surface area contributed by atoms with E-state index in [1.165, 1.54) is 0 Å². The van der Waals surface area contributed by atoms with Crippen LogP contribution < -0.4 is 20.1 Å². The molecule has 1 aromatic carbocycles. The van der Waals surface area contributed by atoms with Crippen LogP contribution in [-0.4, -0.2) is 51.2 Å². The smallest absolute Gasteiger partial charge is 0.219 e. The number of nitrogen functional groups attached to an aromatic ring is 1. The molecule has 0 radical (unpaired) electrons. The van der Waals surface area contributed by atoms with Gasteiger partial charge < -0.3 is 25.0 Å². The number of benzene rings is 1. The molecule has 1 aliphatic rings. The van der Waals surface area contributed by atoms with E-state index in [2.05, 4.69) is 4.90 Å². The molecule has 1 fully saturated rings. The third-order valence-electron chi connectivity index (χ3n) is 3.60. The minimum absolute atomic E-state index is 0.117. The number of hydrogen-bond donors (Lipinski definition) is 1. The molecular formula is C14H21N3O3. The Labute approximate surface area is 119 Å². The minimum atomic E-state index is 0.117. The zero-order valence-corrected chi connectivity index (χ0v) is 12.2. The van der Waals surface area contributed by atoms with Crippen molar-refractivity contribution in [1.82, 2.24) is 4.90 Å². The first kappa shape index (κ1) is 14.3. The molecule has 6 heteroatoms. The molecule has 1 amide bonds. The number of hydrogen-bond acceptors (Lipinski definition) is 5. The van der Waals surface area contributed by atoms with Gasteiger partial charge in [0.2, 0.25) is 5.91 Å². The molecule has 0 saturated carbocycles. The lowest BCUT2D eigenvalue weighted by molar-refractivity contribution is -0.129. The molecule has 0 atom stereocenters. The van der Waals surface area contributed by atoms with E-state index in [0.717, 1.165) is 24.5 Å². The number of methoxy groups -OCH3 is 2. The Kier molecular flexibility index (Phi) is 4.22. The van der Waals surface area contributed by atoms with E-state index in [4.69, 9.17) is 15.2 Å². The lowest BCUT2D eigenvalue weighted by Gasteiger charge is -2.36. The second kappa shape index (κ2) is 5.90. The molecule has 0 spiro atoms. The van der Waals surface area contributed by atoms with Gasteiger partial charge in [0.1, 0.15) is 11.5 Å². The van der Waals surface area contributed by atoms with Crippen LogP contribution in [0.1, 0.15) is 6.92 Å². The molecule has 0 bridgehead atoms. The molecule has 0 aliphatic carbocycles. The van der Waals surface area contributed by atoms with E-state index in [1.807, 2.05) is 11.0 Å². The minimum Gasteiger partial charge on any atom is -0.495 e. The number of ether oxygens (including phenoxy) is 2. The maximum atomic E-state index is 11.4. The monoisotopic (exact) mass is 279 g/mol. The molecule has 1 saturated heterocycles. The number of piperazine rings is 1. The third-order valence-corrected chi connectivity index (χ3v) is 3.60. The van der Waals surface area contributed by atoms with Gasteiger partial charge in [-0.25, -0.2) is 0 Å². The number of nitrogens with zero attached hydrogens (tertiary/aromatic N) is 2. The highest BCUT2D eigenvalue weighted by atomic mass is 16.5. The van der Waals surface area contributed by atoms with E-state index in [1.54, 1.807) is 27.2 Å². The first-order valence-corrected chi connectivity index (χ1v) is 6.58. The fourth-order valence-corrected chi connectivity index (χ4v) is 2.41. The van der Waals surface area contributed by atoms with Crippen molar-refractivity contribution in [2.24, 2.45) is 0 Å². The second-order valence-electron chi connectivity index (χ2n) is 4.76. The van der Waals surface area contributed by atoms with Gasteiger partial charge in [-0.05, 0) is 0 Å². The first-order valence-electron chi connectivity index (χ1n) is 6.58. The number of rotatable bonds is 3. The second-order valence-corrected chi connectivity index (χ2v) is 4.76. The Bertz CT molecular complexity index is 497. The summed E-state index contributed by atoms with van der Waals surface area (Å²) >= 11 is 0. The van der Waals surface area contributed by atoms with Crippen LogP contribution in [0.15, 0.2) is 12.1 Å². The SMILES string of the molecule is COc1cc(N2CCN(C(C)=O)CC2)c(OC)cc1N. The van der Waals surface area contributed by atoms with Crippen molar-refractivity contribution >= 4 is 17.3 Å².